The van der Waals surface area contributed by atoms with Gasteiger partial charge in [-0.05, 0) is 37.5 Å². The van der Waals surface area contributed by atoms with Gasteiger partial charge in [-0.3, -0.25) is 19.3 Å². The summed E-state index contributed by atoms with van der Waals surface area (Å²) in [6.07, 6.45) is 3.44. The summed E-state index contributed by atoms with van der Waals surface area (Å²) in [5.74, 6) is -1.62. The summed E-state index contributed by atoms with van der Waals surface area (Å²) in [4.78, 5) is 37.9. The molecule has 1 aromatic carbocycles. The molecule has 1 aromatic rings. The van der Waals surface area contributed by atoms with Crippen LogP contribution in [0.2, 0.25) is 0 Å². The lowest BCUT2D eigenvalue weighted by molar-refractivity contribution is -0.140. The number of imide groups is 1. The van der Waals surface area contributed by atoms with E-state index in [9.17, 15) is 18.8 Å². The highest BCUT2D eigenvalue weighted by molar-refractivity contribution is 6.05. The number of nitrogens with one attached hydrogen (secondary N) is 1. The lowest BCUT2D eigenvalue weighted by atomic mass is 9.81. The number of anilines is 1. The maximum Gasteiger partial charge on any atom is 0.233 e. The Kier molecular flexibility index (Phi) is 4.64. The molecule has 2 atom stereocenters. The summed E-state index contributed by atoms with van der Waals surface area (Å²) in [6.45, 7) is 1.82. The minimum Gasteiger partial charge on any atom is -0.324 e. The number of halogens is 1. The highest BCUT2D eigenvalue weighted by atomic mass is 19.1. The molecule has 2 fully saturated rings. The van der Waals surface area contributed by atoms with Crippen molar-refractivity contribution in [2.24, 2.45) is 11.8 Å². The molecule has 3 amide bonds. The molecule has 24 heavy (non-hydrogen) atoms. The van der Waals surface area contributed by atoms with Crippen molar-refractivity contribution in [1.82, 2.24) is 4.90 Å². The van der Waals surface area contributed by atoms with Gasteiger partial charge in [-0.1, -0.05) is 18.9 Å². The van der Waals surface area contributed by atoms with Crippen molar-refractivity contribution >= 4 is 23.4 Å². The van der Waals surface area contributed by atoms with Crippen LogP contribution in [0.1, 0.15) is 37.7 Å². The van der Waals surface area contributed by atoms with E-state index >= 15 is 0 Å². The Hall–Kier alpha value is -2.24. The Morgan fingerprint density at radius 3 is 2.42 bits per heavy atom. The number of carbonyl (C=O) groups is 3. The normalized spacial score (nSPS) is 23.3. The van der Waals surface area contributed by atoms with Gasteiger partial charge in [0.15, 0.2) is 0 Å². The van der Waals surface area contributed by atoms with Crippen LogP contribution in [0, 0.1) is 24.6 Å². The Labute approximate surface area is 140 Å². The minimum absolute atomic E-state index is 0.0236. The number of likely N-dealkylation sites (tertiary alicyclic amines) is 1. The second kappa shape index (κ2) is 6.71. The van der Waals surface area contributed by atoms with Gasteiger partial charge >= 0.3 is 0 Å². The van der Waals surface area contributed by atoms with Crippen molar-refractivity contribution in [3.63, 3.8) is 0 Å². The number of hydrogen-bond donors (Lipinski definition) is 1. The molecule has 1 saturated heterocycles. The van der Waals surface area contributed by atoms with E-state index in [1.807, 2.05) is 0 Å². The number of carbonyl (C=O) groups excluding carboxylic acids is 3. The molecule has 3 rings (SSSR count). The number of fused-ring (bicyclic) bond motifs is 1. The second-order valence-corrected chi connectivity index (χ2v) is 6.61. The lowest BCUT2D eigenvalue weighted by Crippen LogP contribution is -2.34. The first-order valence-electron chi connectivity index (χ1n) is 8.38. The van der Waals surface area contributed by atoms with E-state index in [0.717, 1.165) is 31.2 Å². The van der Waals surface area contributed by atoms with Crippen LogP contribution in [0.3, 0.4) is 0 Å². The number of hydrogen-bond acceptors (Lipinski definition) is 3. The molecule has 1 heterocycles. The first-order chi connectivity index (χ1) is 11.5. The molecule has 1 aliphatic carbocycles. The standard InChI is InChI=1S/C18H21FN2O3/c1-11-6-7-15(14(19)10-11)20-16(22)8-9-21-17(23)12-4-2-3-5-13(12)18(21)24/h6-7,10,12-13H,2-5,8-9H2,1H3,(H,20,22)/t12-,13+. The minimum atomic E-state index is -0.498. The molecular weight excluding hydrogens is 311 g/mol. The van der Waals surface area contributed by atoms with Crippen molar-refractivity contribution in [2.45, 2.75) is 39.0 Å². The Morgan fingerprint density at radius 2 is 1.83 bits per heavy atom. The molecule has 1 N–H and O–H groups in total. The first-order valence-corrected chi connectivity index (χ1v) is 8.38. The molecule has 2 aliphatic rings. The molecule has 1 aliphatic heterocycles. The average molecular weight is 332 g/mol. The van der Waals surface area contributed by atoms with Gasteiger partial charge in [-0.25, -0.2) is 4.39 Å². The van der Waals surface area contributed by atoms with Crippen LogP contribution in [0.4, 0.5) is 10.1 Å². The van der Waals surface area contributed by atoms with Gasteiger partial charge in [0.25, 0.3) is 0 Å². The third-order valence-electron chi connectivity index (χ3n) is 4.89. The smallest absolute Gasteiger partial charge is 0.233 e. The highest BCUT2D eigenvalue weighted by Gasteiger charge is 2.47. The molecule has 0 unspecified atom stereocenters. The van der Waals surface area contributed by atoms with Crippen LogP contribution < -0.4 is 5.32 Å². The van der Waals surface area contributed by atoms with Crippen LogP contribution in [0.15, 0.2) is 18.2 Å². The number of benzene rings is 1. The molecule has 6 heteroatoms. The van der Waals surface area contributed by atoms with Crippen molar-refractivity contribution in [3.8, 4) is 0 Å². The highest BCUT2D eigenvalue weighted by Crippen LogP contribution is 2.37. The third-order valence-corrected chi connectivity index (χ3v) is 4.89. The van der Waals surface area contributed by atoms with E-state index in [-0.39, 0.29) is 42.3 Å². The molecular formula is C18H21FN2O3. The summed E-state index contributed by atoms with van der Waals surface area (Å²) in [5.41, 5.74) is 0.875. The quantitative estimate of drug-likeness (QED) is 0.862. The fourth-order valence-corrected chi connectivity index (χ4v) is 3.60. The van der Waals surface area contributed by atoms with Gasteiger partial charge in [0.1, 0.15) is 5.82 Å². The van der Waals surface area contributed by atoms with Crippen molar-refractivity contribution in [2.75, 3.05) is 11.9 Å². The first kappa shape index (κ1) is 16.6. The topological polar surface area (TPSA) is 66.5 Å². The van der Waals surface area contributed by atoms with Crippen LogP contribution in [-0.2, 0) is 14.4 Å². The Balaban J connectivity index is 1.58. The molecule has 0 bridgehead atoms. The SMILES string of the molecule is Cc1ccc(NC(=O)CCN2C(=O)[C@H]3CCCC[C@H]3C2=O)c(F)c1. The zero-order valence-electron chi connectivity index (χ0n) is 13.7. The number of rotatable bonds is 4. The zero-order chi connectivity index (χ0) is 17.3. The summed E-state index contributed by atoms with van der Waals surface area (Å²) < 4.78 is 13.7. The van der Waals surface area contributed by atoms with E-state index in [1.54, 1.807) is 13.0 Å². The van der Waals surface area contributed by atoms with Crippen LogP contribution >= 0.6 is 0 Å². The van der Waals surface area contributed by atoms with Crippen LogP contribution in [0.25, 0.3) is 0 Å². The molecule has 5 nitrogen and oxygen atoms in total. The maximum absolute atomic E-state index is 13.7. The maximum atomic E-state index is 13.7. The van der Waals surface area contributed by atoms with E-state index in [0.29, 0.717) is 0 Å². The predicted octanol–water partition coefficient (Wildman–Crippen LogP) is 2.64. The Morgan fingerprint density at radius 1 is 1.21 bits per heavy atom. The lowest BCUT2D eigenvalue weighted by Gasteiger charge is -2.19. The van der Waals surface area contributed by atoms with Crippen molar-refractivity contribution in [1.29, 1.82) is 0 Å². The van der Waals surface area contributed by atoms with Gasteiger partial charge in [-0.15, -0.1) is 0 Å². The van der Waals surface area contributed by atoms with Crippen molar-refractivity contribution in [3.05, 3.63) is 29.6 Å². The van der Waals surface area contributed by atoms with Gasteiger partial charge in [-0.2, -0.15) is 0 Å². The number of nitrogens with zero attached hydrogens (tertiary/aromatic N) is 1. The Bertz CT molecular complexity index is 665. The van der Waals surface area contributed by atoms with Gasteiger partial charge in [0.05, 0.1) is 17.5 Å². The van der Waals surface area contributed by atoms with E-state index in [1.165, 1.54) is 17.0 Å². The molecule has 1 saturated carbocycles. The van der Waals surface area contributed by atoms with E-state index in [4.69, 9.17) is 0 Å². The molecule has 128 valence electrons. The summed E-state index contributed by atoms with van der Waals surface area (Å²) in [6, 6.07) is 4.55. The van der Waals surface area contributed by atoms with Crippen molar-refractivity contribution < 1.29 is 18.8 Å². The van der Waals surface area contributed by atoms with Gasteiger partial charge in [0, 0.05) is 13.0 Å². The van der Waals surface area contributed by atoms with Crippen LogP contribution in [0.5, 0.6) is 0 Å². The molecule has 0 aromatic heterocycles. The largest absolute Gasteiger partial charge is 0.324 e. The predicted molar refractivity (Wildman–Crippen MR) is 86.6 cm³/mol. The number of amides is 3. The van der Waals surface area contributed by atoms with E-state index < -0.39 is 11.7 Å². The zero-order valence-corrected chi connectivity index (χ0v) is 13.7. The molecule has 0 spiro atoms. The van der Waals surface area contributed by atoms with Gasteiger partial charge < -0.3 is 5.32 Å². The summed E-state index contributed by atoms with van der Waals surface area (Å²) in [5, 5.41) is 2.49. The number of aryl methyl sites for hydroxylation is 1. The third kappa shape index (κ3) is 3.18. The average Bonchev–Trinajstić information content (AvgIpc) is 2.80. The monoisotopic (exact) mass is 332 g/mol. The molecule has 0 radical (unpaired) electrons. The fourth-order valence-electron chi connectivity index (χ4n) is 3.60. The second-order valence-electron chi connectivity index (χ2n) is 6.61. The van der Waals surface area contributed by atoms with Crippen LogP contribution in [-0.4, -0.2) is 29.2 Å². The van der Waals surface area contributed by atoms with E-state index in [2.05, 4.69) is 5.32 Å². The fraction of sp³-hybridized carbons (Fsp3) is 0.500. The summed E-state index contributed by atoms with van der Waals surface area (Å²) >= 11 is 0. The summed E-state index contributed by atoms with van der Waals surface area (Å²) in [7, 11) is 0. The van der Waals surface area contributed by atoms with Gasteiger partial charge in [0.2, 0.25) is 17.7 Å².